The van der Waals surface area contributed by atoms with Crippen LogP contribution in [0.4, 0.5) is 5.69 Å². The van der Waals surface area contributed by atoms with Crippen molar-refractivity contribution >= 4 is 5.69 Å². The summed E-state index contributed by atoms with van der Waals surface area (Å²) in [4.78, 5) is 0. The molecule has 0 aliphatic carbocycles. The molecule has 1 N–H and O–H groups in total. The number of benzene rings is 1. The summed E-state index contributed by atoms with van der Waals surface area (Å²) in [6.07, 6.45) is 1.10. The van der Waals surface area contributed by atoms with Crippen molar-refractivity contribution < 1.29 is 9.47 Å². The maximum Gasteiger partial charge on any atom is 0.163 e. The topological polar surface area (TPSA) is 30.5 Å². The zero-order valence-corrected chi connectivity index (χ0v) is 12.1. The Kier molecular flexibility index (Phi) is 5.83. The molecule has 0 fully saturated rings. The molecule has 0 spiro atoms. The van der Waals surface area contributed by atoms with Gasteiger partial charge in [0.1, 0.15) is 0 Å². The third kappa shape index (κ3) is 3.83. The molecule has 0 aliphatic heterocycles. The number of methoxy groups -OCH3 is 1. The van der Waals surface area contributed by atoms with Crippen LogP contribution in [0.15, 0.2) is 18.2 Å². The van der Waals surface area contributed by atoms with E-state index in [0.29, 0.717) is 18.6 Å². The van der Waals surface area contributed by atoms with Crippen LogP contribution in [0.5, 0.6) is 11.5 Å². The fourth-order valence-electron chi connectivity index (χ4n) is 1.99. The standard InChI is InChI=1S/C15H25NO2/c1-6-13(11(3)4)16-12-8-9-14(17-5)15(10-12)18-7-2/h8-11,13,16H,6-7H2,1-5H3. The second-order valence-electron chi connectivity index (χ2n) is 4.70. The Balaban J connectivity index is 2.86. The van der Waals surface area contributed by atoms with Gasteiger partial charge in [0.05, 0.1) is 13.7 Å². The van der Waals surface area contributed by atoms with Crippen LogP contribution in [0.25, 0.3) is 0 Å². The minimum absolute atomic E-state index is 0.480. The highest BCUT2D eigenvalue weighted by Gasteiger charge is 2.12. The Morgan fingerprint density at radius 1 is 1.17 bits per heavy atom. The summed E-state index contributed by atoms with van der Waals surface area (Å²) in [6.45, 7) is 9.27. The summed E-state index contributed by atoms with van der Waals surface area (Å²) in [7, 11) is 1.66. The van der Waals surface area contributed by atoms with E-state index >= 15 is 0 Å². The second-order valence-corrected chi connectivity index (χ2v) is 4.70. The second kappa shape index (κ2) is 7.14. The average molecular weight is 251 g/mol. The molecule has 18 heavy (non-hydrogen) atoms. The van der Waals surface area contributed by atoms with E-state index in [1.807, 2.05) is 25.1 Å². The molecule has 1 atom stereocenters. The highest BCUT2D eigenvalue weighted by Crippen LogP contribution is 2.31. The first kappa shape index (κ1) is 14.7. The minimum atomic E-state index is 0.480. The molecule has 3 heteroatoms. The molecule has 0 amide bonds. The lowest BCUT2D eigenvalue weighted by atomic mass is 10.0. The molecule has 0 bridgehead atoms. The van der Waals surface area contributed by atoms with Gasteiger partial charge in [0, 0.05) is 17.8 Å². The van der Waals surface area contributed by atoms with Crippen LogP contribution < -0.4 is 14.8 Å². The number of hydrogen-bond donors (Lipinski definition) is 1. The molecule has 0 radical (unpaired) electrons. The molecule has 1 aromatic rings. The van der Waals surface area contributed by atoms with Gasteiger partial charge in [-0.15, -0.1) is 0 Å². The summed E-state index contributed by atoms with van der Waals surface area (Å²) in [5, 5.41) is 3.54. The average Bonchev–Trinajstić information content (AvgIpc) is 2.36. The largest absolute Gasteiger partial charge is 0.493 e. The summed E-state index contributed by atoms with van der Waals surface area (Å²) < 4.78 is 10.9. The van der Waals surface area contributed by atoms with Crippen molar-refractivity contribution in [3.8, 4) is 11.5 Å². The first-order valence-corrected chi connectivity index (χ1v) is 6.69. The molecule has 102 valence electrons. The number of nitrogens with one attached hydrogen (secondary N) is 1. The zero-order valence-electron chi connectivity index (χ0n) is 12.1. The van der Waals surface area contributed by atoms with Crippen LogP contribution in [0, 0.1) is 5.92 Å². The van der Waals surface area contributed by atoms with Gasteiger partial charge >= 0.3 is 0 Å². The van der Waals surface area contributed by atoms with E-state index in [4.69, 9.17) is 9.47 Å². The number of hydrogen-bond acceptors (Lipinski definition) is 3. The fourth-order valence-corrected chi connectivity index (χ4v) is 1.99. The lowest BCUT2D eigenvalue weighted by Gasteiger charge is -2.22. The molecular weight excluding hydrogens is 226 g/mol. The quantitative estimate of drug-likeness (QED) is 0.796. The maximum atomic E-state index is 5.58. The van der Waals surface area contributed by atoms with Gasteiger partial charge in [0.2, 0.25) is 0 Å². The Bertz CT molecular complexity index is 364. The lowest BCUT2D eigenvalue weighted by Crippen LogP contribution is -2.24. The molecule has 0 aromatic heterocycles. The minimum Gasteiger partial charge on any atom is -0.493 e. The Labute approximate surface area is 110 Å². The van der Waals surface area contributed by atoms with Gasteiger partial charge in [-0.3, -0.25) is 0 Å². The third-order valence-electron chi connectivity index (χ3n) is 3.06. The van der Waals surface area contributed by atoms with Gasteiger partial charge in [-0.1, -0.05) is 20.8 Å². The highest BCUT2D eigenvalue weighted by molar-refractivity contribution is 5.55. The van der Waals surface area contributed by atoms with Crippen molar-refractivity contribution in [3.63, 3.8) is 0 Å². The van der Waals surface area contributed by atoms with Crippen LogP contribution in [0.3, 0.4) is 0 Å². The van der Waals surface area contributed by atoms with E-state index in [-0.39, 0.29) is 0 Å². The normalized spacial score (nSPS) is 12.3. The fraction of sp³-hybridized carbons (Fsp3) is 0.600. The SMILES string of the molecule is CCOc1cc(NC(CC)C(C)C)ccc1OC. The maximum absolute atomic E-state index is 5.58. The lowest BCUT2D eigenvalue weighted by molar-refractivity contribution is 0.311. The van der Waals surface area contributed by atoms with Crippen LogP contribution >= 0.6 is 0 Å². The van der Waals surface area contributed by atoms with Gasteiger partial charge < -0.3 is 14.8 Å². The summed E-state index contributed by atoms with van der Waals surface area (Å²) in [5.41, 5.74) is 1.08. The van der Waals surface area contributed by atoms with E-state index in [0.717, 1.165) is 23.6 Å². The van der Waals surface area contributed by atoms with E-state index < -0.39 is 0 Å². The molecule has 1 aromatic carbocycles. The summed E-state index contributed by atoms with van der Waals surface area (Å²) in [5.74, 6) is 2.18. The Hall–Kier alpha value is -1.38. The van der Waals surface area contributed by atoms with Crippen molar-refractivity contribution in [2.75, 3.05) is 19.0 Å². The van der Waals surface area contributed by atoms with Crippen molar-refractivity contribution in [1.82, 2.24) is 0 Å². The van der Waals surface area contributed by atoms with Gasteiger partial charge in [0.25, 0.3) is 0 Å². The Morgan fingerprint density at radius 3 is 2.39 bits per heavy atom. The van der Waals surface area contributed by atoms with E-state index in [2.05, 4.69) is 26.1 Å². The molecule has 0 saturated carbocycles. The number of rotatable bonds is 7. The predicted octanol–water partition coefficient (Wildman–Crippen LogP) is 3.94. The van der Waals surface area contributed by atoms with Crippen molar-refractivity contribution in [2.24, 2.45) is 5.92 Å². The van der Waals surface area contributed by atoms with E-state index in [1.54, 1.807) is 7.11 Å². The first-order chi connectivity index (χ1) is 8.62. The van der Waals surface area contributed by atoms with Crippen molar-refractivity contribution in [2.45, 2.75) is 40.2 Å². The van der Waals surface area contributed by atoms with E-state index in [1.165, 1.54) is 0 Å². The summed E-state index contributed by atoms with van der Waals surface area (Å²) >= 11 is 0. The molecule has 1 rings (SSSR count). The van der Waals surface area contributed by atoms with Gasteiger partial charge in [-0.25, -0.2) is 0 Å². The first-order valence-electron chi connectivity index (χ1n) is 6.69. The third-order valence-corrected chi connectivity index (χ3v) is 3.06. The zero-order chi connectivity index (χ0) is 13.5. The monoisotopic (exact) mass is 251 g/mol. The predicted molar refractivity (Wildman–Crippen MR) is 76.7 cm³/mol. The van der Waals surface area contributed by atoms with Crippen LogP contribution in [-0.2, 0) is 0 Å². The molecular formula is C15H25NO2. The molecule has 0 heterocycles. The Morgan fingerprint density at radius 2 is 1.89 bits per heavy atom. The summed E-state index contributed by atoms with van der Waals surface area (Å²) in [6, 6.07) is 6.47. The van der Waals surface area contributed by atoms with Gasteiger partial charge in [-0.05, 0) is 31.4 Å². The molecule has 0 aliphatic rings. The van der Waals surface area contributed by atoms with Crippen molar-refractivity contribution in [3.05, 3.63) is 18.2 Å². The number of anilines is 1. The molecule has 0 saturated heterocycles. The smallest absolute Gasteiger partial charge is 0.163 e. The van der Waals surface area contributed by atoms with Crippen LogP contribution in [0.1, 0.15) is 34.1 Å². The van der Waals surface area contributed by atoms with Crippen molar-refractivity contribution in [1.29, 1.82) is 0 Å². The van der Waals surface area contributed by atoms with Gasteiger partial charge in [0.15, 0.2) is 11.5 Å². The van der Waals surface area contributed by atoms with Crippen LogP contribution in [-0.4, -0.2) is 19.8 Å². The molecule has 1 unspecified atom stereocenters. The highest BCUT2D eigenvalue weighted by atomic mass is 16.5. The van der Waals surface area contributed by atoms with Gasteiger partial charge in [-0.2, -0.15) is 0 Å². The molecule has 3 nitrogen and oxygen atoms in total. The van der Waals surface area contributed by atoms with E-state index in [9.17, 15) is 0 Å². The van der Waals surface area contributed by atoms with Crippen LogP contribution in [0.2, 0.25) is 0 Å². The number of ether oxygens (including phenoxy) is 2.